The molecule has 0 saturated carbocycles. The lowest BCUT2D eigenvalue weighted by atomic mass is 10.00. The second-order valence-electron chi connectivity index (χ2n) is 7.45. The van der Waals surface area contributed by atoms with Crippen molar-refractivity contribution >= 4 is 23.6 Å². The molecule has 1 aromatic heterocycles. The van der Waals surface area contributed by atoms with Crippen LogP contribution in [-0.2, 0) is 20.9 Å². The number of hydrogen-bond acceptors (Lipinski definition) is 6. The van der Waals surface area contributed by atoms with E-state index in [0.29, 0.717) is 5.88 Å². The van der Waals surface area contributed by atoms with E-state index in [1.165, 1.54) is 0 Å². The summed E-state index contributed by atoms with van der Waals surface area (Å²) in [6.07, 6.45) is 3.60. The van der Waals surface area contributed by atoms with E-state index in [4.69, 9.17) is 9.47 Å². The number of carbonyl (C=O) groups excluding carboxylic acids is 2. The van der Waals surface area contributed by atoms with Gasteiger partial charge in [0.05, 0.1) is 31.1 Å². The summed E-state index contributed by atoms with van der Waals surface area (Å²) in [5, 5.41) is 6.10. The van der Waals surface area contributed by atoms with Gasteiger partial charge in [-0.3, -0.25) is 9.59 Å². The molecule has 3 rings (SSSR count). The van der Waals surface area contributed by atoms with E-state index >= 15 is 0 Å². The monoisotopic (exact) mass is 443 g/mol. The maximum absolute atomic E-state index is 12.6. The number of aromatic nitrogens is 1. The molecule has 1 aromatic carbocycles. The first kappa shape index (κ1) is 23.1. The van der Waals surface area contributed by atoms with E-state index in [1.54, 1.807) is 31.1 Å². The van der Waals surface area contributed by atoms with Gasteiger partial charge in [-0.25, -0.2) is 4.98 Å². The Bertz CT molecular complexity index is 859. The van der Waals surface area contributed by atoms with E-state index in [2.05, 4.69) is 15.6 Å². The highest BCUT2D eigenvalue weighted by Gasteiger charge is 2.28. The molecule has 2 aromatic rings. The molecule has 1 saturated heterocycles. The predicted molar refractivity (Wildman–Crippen MR) is 121 cm³/mol. The number of nitrogens with one attached hydrogen (secondary N) is 2. The van der Waals surface area contributed by atoms with Gasteiger partial charge in [-0.05, 0) is 42.7 Å². The van der Waals surface area contributed by atoms with Gasteiger partial charge in [0.2, 0.25) is 17.7 Å². The van der Waals surface area contributed by atoms with Crippen molar-refractivity contribution in [2.75, 3.05) is 19.5 Å². The molecule has 3 unspecified atom stereocenters. The second kappa shape index (κ2) is 11.7. The summed E-state index contributed by atoms with van der Waals surface area (Å²) < 4.78 is 10.7. The lowest BCUT2D eigenvalue weighted by molar-refractivity contribution is -0.128. The van der Waals surface area contributed by atoms with Crippen molar-refractivity contribution < 1.29 is 19.1 Å². The number of thioether (sulfide) groups is 1. The minimum absolute atomic E-state index is 0.00439. The van der Waals surface area contributed by atoms with Gasteiger partial charge in [0.25, 0.3) is 0 Å². The Morgan fingerprint density at radius 3 is 2.74 bits per heavy atom. The number of carbonyl (C=O) groups is 2. The molecule has 0 aliphatic carbocycles. The van der Waals surface area contributed by atoms with E-state index in [9.17, 15) is 9.59 Å². The van der Waals surface area contributed by atoms with Gasteiger partial charge in [0.1, 0.15) is 6.61 Å². The van der Waals surface area contributed by atoms with Gasteiger partial charge < -0.3 is 20.1 Å². The first-order valence-corrected chi connectivity index (χ1v) is 11.4. The molecule has 31 heavy (non-hydrogen) atoms. The molecule has 1 aliphatic rings. The third kappa shape index (κ3) is 6.97. The first-order chi connectivity index (χ1) is 15.1. The minimum atomic E-state index is -0.353. The number of pyridine rings is 1. The van der Waals surface area contributed by atoms with Crippen LogP contribution in [-0.4, -0.2) is 47.6 Å². The van der Waals surface area contributed by atoms with Gasteiger partial charge in [-0.2, -0.15) is 0 Å². The Hall–Kier alpha value is -2.58. The Morgan fingerprint density at radius 1 is 1.23 bits per heavy atom. The van der Waals surface area contributed by atoms with Crippen LogP contribution in [0.15, 0.2) is 48.7 Å². The molecule has 0 radical (unpaired) electrons. The topological polar surface area (TPSA) is 89.5 Å². The highest BCUT2D eigenvalue weighted by molar-refractivity contribution is 8.00. The fraction of sp³-hybridized carbons (Fsp3) is 0.435. The van der Waals surface area contributed by atoms with E-state index in [1.807, 2.05) is 43.3 Å². The highest BCUT2D eigenvalue weighted by atomic mass is 32.2. The fourth-order valence-corrected chi connectivity index (χ4v) is 4.64. The largest absolute Gasteiger partial charge is 0.481 e. The summed E-state index contributed by atoms with van der Waals surface area (Å²) in [5.74, 6) is 1.31. The minimum Gasteiger partial charge on any atom is -0.481 e. The van der Waals surface area contributed by atoms with Gasteiger partial charge in [-0.15, -0.1) is 11.8 Å². The SMILES string of the molecule is COc1cc(COCC(=O)NC(c2ccccc2)C(C)NC(=O)C2CCCS2)ccn1. The Labute approximate surface area is 187 Å². The van der Waals surface area contributed by atoms with Gasteiger partial charge in [-0.1, -0.05) is 30.3 Å². The smallest absolute Gasteiger partial charge is 0.246 e. The van der Waals surface area contributed by atoms with E-state index in [-0.39, 0.29) is 42.4 Å². The number of amides is 2. The lowest BCUT2D eigenvalue weighted by Crippen LogP contribution is -2.47. The molecule has 0 spiro atoms. The molecular weight excluding hydrogens is 414 g/mol. The number of hydrogen-bond donors (Lipinski definition) is 2. The first-order valence-electron chi connectivity index (χ1n) is 10.4. The summed E-state index contributed by atoms with van der Waals surface area (Å²) in [7, 11) is 1.55. The van der Waals surface area contributed by atoms with Crippen LogP contribution in [0.25, 0.3) is 0 Å². The third-order valence-corrected chi connectivity index (χ3v) is 6.45. The van der Waals surface area contributed by atoms with Crippen LogP contribution < -0.4 is 15.4 Å². The van der Waals surface area contributed by atoms with Crippen LogP contribution in [0.1, 0.15) is 36.9 Å². The van der Waals surface area contributed by atoms with Crippen molar-refractivity contribution in [3.05, 3.63) is 59.8 Å². The molecule has 166 valence electrons. The summed E-state index contributed by atoms with van der Waals surface area (Å²) >= 11 is 1.69. The van der Waals surface area contributed by atoms with E-state index in [0.717, 1.165) is 29.7 Å². The second-order valence-corrected chi connectivity index (χ2v) is 8.76. The standard InChI is InChI=1S/C23H29N3O4S/c1-16(25-23(28)19-9-6-12-31-19)22(18-7-4-3-5-8-18)26-20(27)15-30-14-17-10-11-24-21(13-17)29-2/h3-5,7-8,10-11,13,16,19,22H,6,9,12,14-15H2,1-2H3,(H,25,28)(H,26,27). The summed E-state index contributed by atoms with van der Waals surface area (Å²) in [5.41, 5.74) is 1.80. The Kier molecular flexibility index (Phi) is 8.73. The predicted octanol–water partition coefficient (Wildman–Crippen LogP) is 2.86. The van der Waals surface area contributed by atoms with Crippen LogP contribution in [0.4, 0.5) is 0 Å². The highest BCUT2D eigenvalue weighted by Crippen LogP contribution is 2.27. The van der Waals surface area contributed by atoms with Crippen LogP contribution in [0, 0.1) is 0 Å². The maximum atomic E-state index is 12.6. The zero-order valence-electron chi connectivity index (χ0n) is 17.9. The molecule has 2 N–H and O–H groups in total. The summed E-state index contributed by atoms with van der Waals surface area (Å²) in [4.78, 5) is 29.2. The van der Waals surface area contributed by atoms with Crippen molar-refractivity contribution in [1.29, 1.82) is 0 Å². The van der Waals surface area contributed by atoms with Crippen LogP contribution in [0.3, 0.4) is 0 Å². The zero-order valence-corrected chi connectivity index (χ0v) is 18.7. The number of benzene rings is 1. The quantitative estimate of drug-likeness (QED) is 0.587. The number of rotatable bonds is 10. The van der Waals surface area contributed by atoms with Crippen molar-refractivity contribution in [2.24, 2.45) is 0 Å². The molecule has 7 nitrogen and oxygen atoms in total. The van der Waals surface area contributed by atoms with Crippen LogP contribution in [0.2, 0.25) is 0 Å². The van der Waals surface area contributed by atoms with Crippen LogP contribution >= 0.6 is 11.8 Å². The fourth-order valence-electron chi connectivity index (χ4n) is 3.47. The number of methoxy groups -OCH3 is 1. The average Bonchev–Trinajstić information content (AvgIpc) is 3.33. The van der Waals surface area contributed by atoms with Crippen molar-refractivity contribution in [3.8, 4) is 5.88 Å². The maximum Gasteiger partial charge on any atom is 0.246 e. The van der Waals surface area contributed by atoms with Crippen LogP contribution in [0.5, 0.6) is 5.88 Å². The average molecular weight is 444 g/mol. The van der Waals surface area contributed by atoms with E-state index < -0.39 is 0 Å². The van der Waals surface area contributed by atoms with Gasteiger partial charge in [0, 0.05) is 12.3 Å². The number of nitrogens with zero attached hydrogens (tertiary/aromatic N) is 1. The third-order valence-electron chi connectivity index (χ3n) is 5.08. The summed E-state index contributed by atoms with van der Waals surface area (Å²) in [6, 6.07) is 12.6. The lowest BCUT2D eigenvalue weighted by Gasteiger charge is -2.27. The molecule has 0 bridgehead atoms. The molecular formula is C23H29N3O4S. The van der Waals surface area contributed by atoms with Gasteiger partial charge in [0.15, 0.2) is 0 Å². The van der Waals surface area contributed by atoms with Crippen molar-refractivity contribution in [3.63, 3.8) is 0 Å². The molecule has 2 heterocycles. The van der Waals surface area contributed by atoms with Crippen molar-refractivity contribution in [1.82, 2.24) is 15.6 Å². The number of ether oxygens (including phenoxy) is 2. The Balaban J connectivity index is 1.57. The molecule has 2 amide bonds. The molecule has 1 aliphatic heterocycles. The summed E-state index contributed by atoms with van der Waals surface area (Å²) in [6.45, 7) is 2.10. The molecule has 8 heteroatoms. The molecule has 3 atom stereocenters. The van der Waals surface area contributed by atoms with Crippen molar-refractivity contribution in [2.45, 2.75) is 43.7 Å². The Morgan fingerprint density at radius 2 is 2.03 bits per heavy atom. The zero-order chi connectivity index (χ0) is 22.1. The molecule has 1 fully saturated rings. The normalized spacial score (nSPS) is 17.5. The van der Waals surface area contributed by atoms with Gasteiger partial charge >= 0.3 is 0 Å².